The molecule has 0 radical (unpaired) electrons. The van der Waals surface area contributed by atoms with Gasteiger partial charge in [-0.3, -0.25) is 0 Å². The molecule has 1 aromatic rings. The first-order chi connectivity index (χ1) is 9.41. The Labute approximate surface area is 123 Å². The fourth-order valence-corrected chi connectivity index (χ4v) is 2.91. The third-order valence-corrected chi connectivity index (χ3v) is 4.32. The van der Waals surface area contributed by atoms with Crippen molar-refractivity contribution < 1.29 is 0 Å². The zero-order valence-corrected chi connectivity index (χ0v) is 13.2. The van der Waals surface area contributed by atoms with Gasteiger partial charge in [-0.15, -0.1) is 0 Å². The molecule has 0 amide bonds. The highest BCUT2D eigenvalue weighted by molar-refractivity contribution is 5.39. The van der Waals surface area contributed by atoms with Crippen molar-refractivity contribution in [1.29, 1.82) is 5.26 Å². The van der Waals surface area contributed by atoms with Crippen LogP contribution < -0.4 is 0 Å². The number of aryl methyl sites for hydroxylation is 1. The molecule has 0 aliphatic carbocycles. The van der Waals surface area contributed by atoms with E-state index in [1.165, 1.54) is 29.5 Å². The molecule has 2 nitrogen and oxygen atoms in total. The number of nitrogens with zero attached hydrogens (tertiary/aromatic N) is 2. The van der Waals surface area contributed by atoms with E-state index in [1.54, 1.807) is 0 Å². The summed E-state index contributed by atoms with van der Waals surface area (Å²) in [7, 11) is 0. The van der Waals surface area contributed by atoms with Crippen LogP contribution in [0.3, 0.4) is 0 Å². The van der Waals surface area contributed by atoms with Gasteiger partial charge in [0.25, 0.3) is 0 Å². The summed E-state index contributed by atoms with van der Waals surface area (Å²) in [5, 5.41) is 9.58. The van der Waals surface area contributed by atoms with Crippen LogP contribution in [0.2, 0.25) is 0 Å². The first kappa shape index (κ1) is 15.1. The molecule has 1 unspecified atom stereocenters. The van der Waals surface area contributed by atoms with Crippen LogP contribution in [-0.4, -0.2) is 24.5 Å². The molecular weight excluding hydrogens is 244 g/mol. The maximum Gasteiger partial charge on any atom is 0.0842 e. The summed E-state index contributed by atoms with van der Waals surface area (Å²) < 4.78 is 0. The summed E-state index contributed by atoms with van der Waals surface area (Å²) in [6.45, 7) is 12.0. The molecule has 0 saturated carbocycles. The van der Waals surface area contributed by atoms with E-state index in [0.29, 0.717) is 0 Å². The van der Waals surface area contributed by atoms with Crippen molar-refractivity contribution >= 4 is 0 Å². The highest BCUT2D eigenvalue weighted by atomic mass is 15.1. The lowest BCUT2D eigenvalue weighted by Crippen LogP contribution is -2.25. The molecule has 0 spiro atoms. The van der Waals surface area contributed by atoms with Crippen LogP contribution in [0.15, 0.2) is 18.2 Å². The molecule has 1 atom stereocenters. The molecule has 0 bridgehead atoms. The van der Waals surface area contributed by atoms with Gasteiger partial charge in [-0.2, -0.15) is 5.26 Å². The van der Waals surface area contributed by atoms with E-state index < -0.39 is 0 Å². The molecule has 2 rings (SSSR count). The first-order valence-corrected chi connectivity index (χ1v) is 7.65. The summed E-state index contributed by atoms with van der Waals surface area (Å²) in [6.07, 6.45) is 2.55. The highest BCUT2D eigenvalue weighted by Gasteiger charge is 2.22. The van der Waals surface area contributed by atoms with E-state index in [-0.39, 0.29) is 11.3 Å². The second-order valence-electron chi connectivity index (χ2n) is 7.01. The molecule has 1 aromatic carbocycles. The predicted molar refractivity (Wildman–Crippen MR) is 83.9 cm³/mol. The van der Waals surface area contributed by atoms with E-state index in [2.05, 4.69) is 56.9 Å². The van der Waals surface area contributed by atoms with E-state index in [1.807, 2.05) is 0 Å². The van der Waals surface area contributed by atoms with Crippen molar-refractivity contribution in [3.63, 3.8) is 0 Å². The summed E-state index contributed by atoms with van der Waals surface area (Å²) in [5.41, 5.74) is 3.91. The highest BCUT2D eigenvalue weighted by Crippen LogP contribution is 2.29. The normalized spacial score (nSPS) is 17.9. The smallest absolute Gasteiger partial charge is 0.0842 e. The lowest BCUT2D eigenvalue weighted by Gasteiger charge is -2.24. The molecule has 0 aromatic heterocycles. The fourth-order valence-electron chi connectivity index (χ4n) is 2.91. The predicted octanol–water partition coefficient (Wildman–Crippen LogP) is 4.00. The Balaban J connectivity index is 2.26. The second kappa shape index (κ2) is 5.97. The maximum atomic E-state index is 9.58. The van der Waals surface area contributed by atoms with Crippen LogP contribution >= 0.6 is 0 Å². The number of nitriles is 1. The number of rotatable bonds is 3. The Kier molecular flexibility index (Phi) is 4.50. The number of benzene rings is 1. The summed E-state index contributed by atoms with van der Waals surface area (Å²) in [4.78, 5) is 2.43. The van der Waals surface area contributed by atoms with Crippen LogP contribution in [0, 0.1) is 18.3 Å². The maximum absolute atomic E-state index is 9.58. The Morgan fingerprint density at radius 2 is 1.90 bits per heavy atom. The van der Waals surface area contributed by atoms with Crippen molar-refractivity contribution in [1.82, 2.24) is 4.90 Å². The topological polar surface area (TPSA) is 27.0 Å². The van der Waals surface area contributed by atoms with Gasteiger partial charge in [-0.05, 0) is 55.0 Å². The van der Waals surface area contributed by atoms with Crippen LogP contribution in [-0.2, 0) is 5.41 Å². The van der Waals surface area contributed by atoms with Gasteiger partial charge in [-0.25, -0.2) is 0 Å². The summed E-state index contributed by atoms with van der Waals surface area (Å²) >= 11 is 0. The van der Waals surface area contributed by atoms with Gasteiger partial charge in [0.15, 0.2) is 0 Å². The Hall–Kier alpha value is -1.33. The third-order valence-electron chi connectivity index (χ3n) is 4.32. The van der Waals surface area contributed by atoms with Gasteiger partial charge in [-0.1, -0.05) is 39.0 Å². The van der Waals surface area contributed by atoms with Gasteiger partial charge in [0, 0.05) is 6.54 Å². The van der Waals surface area contributed by atoms with E-state index in [4.69, 9.17) is 0 Å². The zero-order valence-electron chi connectivity index (χ0n) is 13.2. The molecule has 1 fully saturated rings. The largest absolute Gasteiger partial charge is 0.302 e. The zero-order chi connectivity index (χ0) is 14.8. The average molecular weight is 270 g/mol. The number of likely N-dealkylation sites (tertiary alicyclic amines) is 1. The van der Waals surface area contributed by atoms with Gasteiger partial charge < -0.3 is 4.90 Å². The van der Waals surface area contributed by atoms with Crippen LogP contribution in [0.1, 0.15) is 56.2 Å². The first-order valence-electron chi connectivity index (χ1n) is 7.65. The van der Waals surface area contributed by atoms with Crippen LogP contribution in [0.25, 0.3) is 0 Å². The molecule has 1 saturated heterocycles. The minimum Gasteiger partial charge on any atom is -0.302 e. The monoisotopic (exact) mass is 270 g/mol. The van der Waals surface area contributed by atoms with Gasteiger partial charge in [0.2, 0.25) is 0 Å². The van der Waals surface area contributed by atoms with Gasteiger partial charge in [0.05, 0.1) is 12.0 Å². The SMILES string of the molecule is Cc1ccc(C(C)(C)C)cc1C(C#N)CN1CCCC1. The fraction of sp³-hybridized carbons (Fsp3) is 0.611. The Bertz CT molecular complexity index is 499. The standard InChI is InChI=1S/C18H26N2/c1-14-7-8-16(18(2,3)4)11-17(14)15(12-19)13-20-9-5-6-10-20/h7-8,11,15H,5-6,9-10,13H2,1-4H3. The van der Waals surface area contributed by atoms with Crippen LogP contribution in [0.4, 0.5) is 0 Å². The van der Waals surface area contributed by atoms with Gasteiger partial charge >= 0.3 is 0 Å². The third kappa shape index (κ3) is 3.41. The minimum atomic E-state index is -0.00426. The van der Waals surface area contributed by atoms with E-state index in [9.17, 15) is 5.26 Å². The van der Waals surface area contributed by atoms with E-state index in [0.717, 1.165) is 19.6 Å². The van der Waals surface area contributed by atoms with Crippen molar-refractivity contribution in [3.8, 4) is 6.07 Å². The Morgan fingerprint density at radius 1 is 1.25 bits per heavy atom. The van der Waals surface area contributed by atoms with Crippen molar-refractivity contribution in [3.05, 3.63) is 34.9 Å². The van der Waals surface area contributed by atoms with Gasteiger partial charge in [0.1, 0.15) is 0 Å². The van der Waals surface area contributed by atoms with Crippen LogP contribution in [0.5, 0.6) is 0 Å². The lowest BCUT2D eigenvalue weighted by atomic mass is 9.83. The summed E-state index contributed by atoms with van der Waals surface area (Å²) in [6, 6.07) is 9.14. The molecule has 108 valence electrons. The molecule has 0 N–H and O–H groups in total. The molecule has 20 heavy (non-hydrogen) atoms. The quantitative estimate of drug-likeness (QED) is 0.830. The molecule has 1 aliphatic heterocycles. The number of hydrogen-bond acceptors (Lipinski definition) is 2. The minimum absolute atomic E-state index is 0.00426. The molecular formula is C18H26N2. The van der Waals surface area contributed by atoms with E-state index >= 15 is 0 Å². The lowest BCUT2D eigenvalue weighted by molar-refractivity contribution is 0.331. The second-order valence-corrected chi connectivity index (χ2v) is 7.01. The molecule has 1 aliphatic rings. The van der Waals surface area contributed by atoms with Crippen molar-refractivity contribution in [2.75, 3.05) is 19.6 Å². The average Bonchev–Trinajstić information content (AvgIpc) is 2.88. The summed E-state index contributed by atoms with van der Waals surface area (Å²) in [5.74, 6) is -0.00426. The molecule has 1 heterocycles. The molecule has 2 heteroatoms. The van der Waals surface area contributed by atoms with Crippen molar-refractivity contribution in [2.45, 2.75) is 51.9 Å². The number of hydrogen-bond donors (Lipinski definition) is 0. The van der Waals surface area contributed by atoms with Crippen molar-refractivity contribution in [2.24, 2.45) is 0 Å². The Morgan fingerprint density at radius 3 is 2.45 bits per heavy atom.